The van der Waals surface area contributed by atoms with E-state index < -0.39 is 24.7 Å². The molecular weight excluding hydrogens is 273 g/mol. The number of hydrogen-bond donors (Lipinski definition) is 1. The zero-order chi connectivity index (χ0) is 13.3. The van der Waals surface area contributed by atoms with Gasteiger partial charge in [0.05, 0.1) is 0 Å². The van der Waals surface area contributed by atoms with Gasteiger partial charge in [-0.05, 0) is 17.7 Å². The van der Waals surface area contributed by atoms with E-state index in [1.807, 2.05) is 0 Å². The molecule has 100 valence electrons. The van der Waals surface area contributed by atoms with Gasteiger partial charge in [-0.3, -0.25) is 4.79 Å². The van der Waals surface area contributed by atoms with E-state index in [-0.39, 0.29) is 24.1 Å². The highest BCUT2D eigenvalue weighted by Gasteiger charge is 2.45. The van der Waals surface area contributed by atoms with Crippen molar-refractivity contribution < 1.29 is 22.4 Å². The van der Waals surface area contributed by atoms with Gasteiger partial charge >= 0.3 is 6.18 Å². The number of hydrogen-bond acceptors (Lipinski definition) is 3. The second-order valence-electron chi connectivity index (χ2n) is 3.88. The summed E-state index contributed by atoms with van der Waals surface area (Å²) in [6.07, 6.45) is -4.48. The van der Waals surface area contributed by atoms with Crippen LogP contribution in [0.3, 0.4) is 0 Å². The average molecular weight is 283 g/mol. The van der Waals surface area contributed by atoms with Crippen LogP contribution in [-0.4, -0.2) is 31.2 Å². The maximum Gasteiger partial charge on any atom is 0.410 e. The molecule has 0 bridgehead atoms. The molecule has 0 spiro atoms. The van der Waals surface area contributed by atoms with Crippen LogP contribution in [0.2, 0.25) is 5.22 Å². The van der Waals surface area contributed by atoms with Crippen LogP contribution in [0.5, 0.6) is 0 Å². The smallest absolute Gasteiger partial charge is 0.410 e. The van der Waals surface area contributed by atoms with E-state index in [9.17, 15) is 18.0 Å². The summed E-state index contributed by atoms with van der Waals surface area (Å²) < 4.78 is 43.8. The van der Waals surface area contributed by atoms with E-state index in [1.54, 1.807) is 0 Å². The Kier molecular flexibility index (Phi) is 3.43. The summed E-state index contributed by atoms with van der Waals surface area (Å²) in [7, 11) is 0. The minimum atomic E-state index is -4.46. The number of halogens is 4. The number of carbonyl (C=O) groups excluding carboxylic acids is 1. The van der Waals surface area contributed by atoms with Gasteiger partial charge in [-0.25, -0.2) is 0 Å². The largest absolute Gasteiger partial charge is 0.429 e. The first-order valence-electron chi connectivity index (χ1n) is 5.23. The number of amides is 1. The maximum absolute atomic E-state index is 12.9. The van der Waals surface area contributed by atoms with E-state index in [0.29, 0.717) is 0 Å². The van der Waals surface area contributed by atoms with E-state index in [1.165, 1.54) is 12.1 Å². The number of nitrogens with one attached hydrogen (secondary N) is 1. The Morgan fingerprint density at radius 1 is 1.44 bits per heavy atom. The molecule has 0 saturated carbocycles. The second kappa shape index (κ2) is 4.72. The second-order valence-corrected chi connectivity index (χ2v) is 4.26. The summed E-state index contributed by atoms with van der Waals surface area (Å²) in [6, 6.07) is 0.910. The summed E-state index contributed by atoms with van der Waals surface area (Å²) >= 11 is 5.55. The molecule has 2 heterocycles. The Bertz CT molecular complexity index is 447. The molecule has 0 aromatic carbocycles. The van der Waals surface area contributed by atoms with Crippen LogP contribution in [0.25, 0.3) is 0 Å². The predicted octanol–water partition coefficient (Wildman–Crippen LogP) is 2.19. The molecule has 1 aromatic heterocycles. The molecule has 1 atom stereocenters. The summed E-state index contributed by atoms with van der Waals surface area (Å²) in [5.41, 5.74) is 0. The topological polar surface area (TPSA) is 45.5 Å². The van der Waals surface area contributed by atoms with E-state index in [4.69, 9.17) is 16.0 Å². The third kappa shape index (κ3) is 2.72. The lowest BCUT2D eigenvalue weighted by molar-refractivity contribution is -0.147. The molecular formula is C10H10ClF3N2O2. The Morgan fingerprint density at radius 3 is 2.72 bits per heavy atom. The van der Waals surface area contributed by atoms with Crippen molar-refractivity contribution in [2.75, 3.05) is 18.0 Å². The summed E-state index contributed by atoms with van der Waals surface area (Å²) in [6.45, 7) is -0.569. The minimum absolute atomic E-state index is 0.00876. The van der Waals surface area contributed by atoms with Crippen LogP contribution in [0.4, 0.5) is 19.1 Å². The van der Waals surface area contributed by atoms with E-state index in [0.717, 1.165) is 4.90 Å². The lowest BCUT2D eigenvalue weighted by Crippen LogP contribution is -2.50. The predicted molar refractivity (Wildman–Crippen MR) is 58.5 cm³/mol. The molecule has 1 fully saturated rings. The van der Waals surface area contributed by atoms with Crippen LogP contribution in [0.1, 0.15) is 6.42 Å². The van der Waals surface area contributed by atoms with Gasteiger partial charge in [-0.15, -0.1) is 0 Å². The number of rotatable bonds is 1. The lowest BCUT2D eigenvalue weighted by atomic mass is 10.2. The first kappa shape index (κ1) is 13.1. The molecule has 18 heavy (non-hydrogen) atoms. The Morgan fingerprint density at radius 2 is 2.17 bits per heavy atom. The number of anilines is 1. The Balaban J connectivity index is 2.30. The van der Waals surface area contributed by atoms with Crippen molar-refractivity contribution in [3.8, 4) is 0 Å². The van der Waals surface area contributed by atoms with Crippen molar-refractivity contribution >= 4 is 23.4 Å². The Hall–Kier alpha value is -1.37. The Labute approximate surface area is 106 Å². The highest BCUT2D eigenvalue weighted by molar-refractivity contribution is 6.28. The number of furan rings is 1. The fourth-order valence-electron chi connectivity index (χ4n) is 1.80. The first-order chi connectivity index (χ1) is 8.38. The normalized spacial score (nSPS) is 21.7. The van der Waals surface area contributed by atoms with Crippen molar-refractivity contribution in [2.45, 2.75) is 18.6 Å². The molecule has 1 saturated heterocycles. The zero-order valence-corrected chi connectivity index (χ0v) is 9.88. The molecule has 1 unspecified atom stereocenters. The lowest BCUT2D eigenvalue weighted by Gasteiger charge is -2.30. The molecule has 1 amide bonds. The van der Waals surface area contributed by atoms with Crippen molar-refractivity contribution in [3.05, 3.63) is 17.4 Å². The number of alkyl halides is 3. The van der Waals surface area contributed by atoms with Gasteiger partial charge in [-0.1, -0.05) is 0 Å². The van der Waals surface area contributed by atoms with Crippen LogP contribution < -0.4 is 10.2 Å². The maximum atomic E-state index is 12.9. The molecule has 2 rings (SSSR count). The molecule has 0 radical (unpaired) electrons. The van der Waals surface area contributed by atoms with Crippen molar-refractivity contribution in [2.24, 2.45) is 0 Å². The molecule has 1 aliphatic heterocycles. The number of carbonyl (C=O) groups is 1. The third-order valence-corrected chi connectivity index (χ3v) is 2.87. The minimum Gasteiger partial charge on any atom is -0.429 e. The molecule has 4 nitrogen and oxygen atoms in total. The van der Waals surface area contributed by atoms with Crippen molar-refractivity contribution in [1.82, 2.24) is 5.32 Å². The van der Waals surface area contributed by atoms with Gasteiger partial charge in [-0.2, -0.15) is 13.2 Å². The summed E-state index contributed by atoms with van der Waals surface area (Å²) in [4.78, 5) is 12.2. The van der Waals surface area contributed by atoms with Crippen LogP contribution in [-0.2, 0) is 4.79 Å². The highest BCUT2D eigenvalue weighted by atomic mass is 35.5. The van der Waals surface area contributed by atoms with Gasteiger partial charge in [0, 0.05) is 25.6 Å². The van der Waals surface area contributed by atoms with Gasteiger partial charge in [0.15, 0.2) is 11.1 Å². The van der Waals surface area contributed by atoms with E-state index in [2.05, 4.69) is 5.32 Å². The summed E-state index contributed by atoms with van der Waals surface area (Å²) in [5, 5.41) is 2.24. The van der Waals surface area contributed by atoms with Gasteiger partial charge in [0.1, 0.15) is 6.04 Å². The fourth-order valence-corrected chi connectivity index (χ4v) is 1.94. The van der Waals surface area contributed by atoms with Gasteiger partial charge < -0.3 is 14.6 Å². The van der Waals surface area contributed by atoms with Gasteiger partial charge in [0.2, 0.25) is 5.91 Å². The van der Waals surface area contributed by atoms with Gasteiger partial charge in [0.25, 0.3) is 0 Å². The SMILES string of the molecule is O=C1CCN(c2ccc(Cl)o2)C(C(F)(F)F)CN1. The third-order valence-electron chi connectivity index (χ3n) is 2.67. The molecule has 0 aliphatic carbocycles. The van der Waals surface area contributed by atoms with E-state index >= 15 is 0 Å². The standard InChI is InChI=1S/C10H10ClF3N2O2/c11-7-1-2-9(18-7)16-4-3-8(17)15-5-6(16)10(12,13)14/h1-2,6H,3-5H2,(H,15,17). The molecule has 1 aliphatic rings. The molecule has 8 heteroatoms. The molecule has 1 aromatic rings. The monoisotopic (exact) mass is 282 g/mol. The van der Waals surface area contributed by atoms with Crippen molar-refractivity contribution in [1.29, 1.82) is 0 Å². The first-order valence-corrected chi connectivity index (χ1v) is 5.61. The average Bonchev–Trinajstić information content (AvgIpc) is 2.57. The van der Waals surface area contributed by atoms with Crippen LogP contribution in [0, 0.1) is 0 Å². The summed E-state index contributed by atoms with van der Waals surface area (Å²) in [5.74, 6) is -0.400. The quantitative estimate of drug-likeness (QED) is 0.859. The van der Waals surface area contributed by atoms with Crippen LogP contribution in [0.15, 0.2) is 16.5 Å². The van der Waals surface area contributed by atoms with Crippen LogP contribution >= 0.6 is 11.6 Å². The fraction of sp³-hybridized carbons (Fsp3) is 0.500. The number of nitrogens with zero attached hydrogens (tertiary/aromatic N) is 1. The molecule has 1 N–H and O–H groups in total. The zero-order valence-electron chi connectivity index (χ0n) is 9.13. The highest BCUT2D eigenvalue weighted by Crippen LogP contribution is 2.31. The van der Waals surface area contributed by atoms with Crippen molar-refractivity contribution in [3.63, 3.8) is 0 Å².